The second kappa shape index (κ2) is 4.20. The van der Waals surface area contributed by atoms with Crippen LogP contribution in [0.5, 0.6) is 5.75 Å². The van der Waals surface area contributed by atoms with Gasteiger partial charge in [0.2, 0.25) is 0 Å². The lowest BCUT2D eigenvalue weighted by Crippen LogP contribution is -2.11. The summed E-state index contributed by atoms with van der Waals surface area (Å²) in [4.78, 5) is 4.56. The van der Waals surface area contributed by atoms with E-state index in [9.17, 15) is 5.11 Å². The van der Waals surface area contributed by atoms with Crippen molar-refractivity contribution in [1.29, 1.82) is 0 Å². The lowest BCUT2D eigenvalue weighted by Gasteiger charge is -2.09. The fraction of sp³-hybridized carbons (Fsp3) is 0.385. The third kappa shape index (κ3) is 2.16. The van der Waals surface area contributed by atoms with Crippen molar-refractivity contribution in [2.24, 2.45) is 0 Å². The minimum atomic E-state index is 0.297. The van der Waals surface area contributed by atoms with Crippen LogP contribution in [0.15, 0.2) is 24.3 Å². The number of fused-ring (bicyclic) bond motifs is 1. The summed E-state index contributed by atoms with van der Waals surface area (Å²) in [7, 11) is 0. The summed E-state index contributed by atoms with van der Waals surface area (Å²) in [6.45, 7) is 0.998. The summed E-state index contributed by atoms with van der Waals surface area (Å²) in [5.74, 6) is 2.29. The lowest BCUT2D eigenvalue weighted by atomic mass is 10.1. The Bertz CT molecular complexity index is 492. The Morgan fingerprint density at radius 3 is 2.76 bits per heavy atom. The van der Waals surface area contributed by atoms with E-state index in [1.807, 2.05) is 16.8 Å². The molecular formula is C13H15N3O. The van der Waals surface area contributed by atoms with Gasteiger partial charge in [-0.25, -0.2) is 9.67 Å². The maximum absolute atomic E-state index is 9.22. The monoisotopic (exact) mass is 229 g/mol. The van der Waals surface area contributed by atoms with E-state index in [2.05, 4.69) is 10.1 Å². The molecule has 2 aromatic rings. The van der Waals surface area contributed by atoms with Gasteiger partial charge >= 0.3 is 0 Å². The van der Waals surface area contributed by atoms with Gasteiger partial charge in [-0.05, 0) is 30.5 Å². The average molecular weight is 229 g/mol. The van der Waals surface area contributed by atoms with Crippen molar-refractivity contribution in [3.05, 3.63) is 41.5 Å². The normalized spacial score (nSPS) is 14.6. The molecule has 3 rings (SSSR count). The number of benzene rings is 1. The smallest absolute Gasteiger partial charge is 0.155 e. The van der Waals surface area contributed by atoms with Crippen molar-refractivity contribution in [2.45, 2.75) is 32.2 Å². The summed E-state index contributed by atoms with van der Waals surface area (Å²) in [6.07, 6.45) is 4.20. The second-order valence-electron chi connectivity index (χ2n) is 4.47. The highest BCUT2D eigenvalue weighted by Gasteiger charge is 2.13. The standard InChI is InChI=1S/C13H15N3O/c17-11-6-4-10(5-7-11)9-12-14-13-3-1-2-8-16(13)15-12/h4-7,17H,1-3,8-9H2. The largest absolute Gasteiger partial charge is 0.508 e. The summed E-state index contributed by atoms with van der Waals surface area (Å²) in [5, 5.41) is 13.7. The van der Waals surface area contributed by atoms with Crippen molar-refractivity contribution >= 4 is 0 Å². The Morgan fingerprint density at radius 1 is 1.18 bits per heavy atom. The molecule has 0 radical (unpaired) electrons. The highest BCUT2D eigenvalue weighted by atomic mass is 16.3. The highest BCUT2D eigenvalue weighted by molar-refractivity contribution is 5.27. The molecule has 1 aromatic carbocycles. The fourth-order valence-corrected chi connectivity index (χ4v) is 2.21. The Hall–Kier alpha value is -1.84. The van der Waals surface area contributed by atoms with Gasteiger partial charge in [0, 0.05) is 19.4 Å². The Balaban J connectivity index is 1.80. The molecule has 0 fully saturated rings. The molecule has 1 N–H and O–H groups in total. The van der Waals surface area contributed by atoms with Crippen molar-refractivity contribution in [1.82, 2.24) is 14.8 Å². The molecule has 0 saturated carbocycles. The molecule has 4 heteroatoms. The molecule has 2 heterocycles. The molecule has 0 bridgehead atoms. The van der Waals surface area contributed by atoms with Crippen LogP contribution < -0.4 is 0 Å². The zero-order valence-corrected chi connectivity index (χ0v) is 9.63. The van der Waals surface area contributed by atoms with E-state index in [0.717, 1.165) is 36.6 Å². The first-order valence-electron chi connectivity index (χ1n) is 6.02. The maximum Gasteiger partial charge on any atom is 0.155 e. The van der Waals surface area contributed by atoms with Crippen LogP contribution in [-0.4, -0.2) is 19.9 Å². The number of rotatable bonds is 2. The van der Waals surface area contributed by atoms with Crippen LogP contribution in [0.25, 0.3) is 0 Å². The minimum absolute atomic E-state index is 0.297. The van der Waals surface area contributed by atoms with E-state index >= 15 is 0 Å². The van der Waals surface area contributed by atoms with Crippen LogP contribution in [0.1, 0.15) is 30.1 Å². The van der Waals surface area contributed by atoms with E-state index in [0.29, 0.717) is 5.75 Å². The second-order valence-corrected chi connectivity index (χ2v) is 4.47. The molecular weight excluding hydrogens is 214 g/mol. The number of aryl methyl sites for hydroxylation is 2. The summed E-state index contributed by atoms with van der Waals surface area (Å²) in [6, 6.07) is 7.22. The zero-order chi connectivity index (χ0) is 11.7. The quantitative estimate of drug-likeness (QED) is 0.855. The number of hydrogen-bond acceptors (Lipinski definition) is 3. The molecule has 1 aliphatic heterocycles. The van der Waals surface area contributed by atoms with Crippen LogP contribution in [0.4, 0.5) is 0 Å². The Kier molecular flexibility index (Phi) is 2.55. The Labute approximate surface area is 99.9 Å². The number of aromatic hydroxyl groups is 1. The van der Waals surface area contributed by atoms with E-state index in [-0.39, 0.29) is 0 Å². The van der Waals surface area contributed by atoms with Crippen LogP contribution in [0.2, 0.25) is 0 Å². The minimum Gasteiger partial charge on any atom is -0.508 e. The molecule has 0 atom stereocenters. The average Bonchev–Trinajstić information content (AvgIpc) is 2.74. The van der Waals surface area contributed by atoms with Gasteiger partial charge in [0.05, 0.1) is 0 Å². The molecule has 88 valence electrons. The number of phenolic OH excluding ortho intramolecular Hbond substituents is 1. The van der Waals surface area contributed by atoms with Crippen LogP contribution in [0, 0.1) is 0 Å². The van der Waals surface area contributed by atoms with Gasteiger partial charge in [0.25, 0.3) is 0 Å². The molecule has 0 spiro atoms. The summed E-state index contributed by atoms with van der Waals surface area (Å²) < 4.78 is 2.03. The molecule has 0 unspecified atom stereocenters. The molecule has 0 saturated heterocycles. The fourth-order valence-electron chi connectivity index (χ4n) is 2.21. The molecule has 1 aliphatic rings. The predicted molar refractivity (Wildman–Crippen MR) is 63.9 cm³/mol. The van der Waals surface area contributed by atoms with Gasteiger partial charge in [0.15, 0.2) is 5.82 Å². The third-order valence-corrected chi connectivity index (χ3v) is 3.11. The number of phenols is 1. The lowest BCUT2D eigenvalue weighted by molar-refractivity contribution is 0.475. The topological polar surface area (TPSA) is 50.9 Å². The van der Waals surface area contributed by atoms with Gasteiger partial charge in [-0.1, -0.05) is 12.1 Å². The van der Waals surface area contributed by atoms with E-state index in [1.54, 1.807) is 12.1 Å². The van der Waals surface area contributed by atoms with Gasteiger partial charge < -0.3 is 5.11 Å². The third-order valence-electron chi connectivity index (χ3n) is 3.11. The van der Waals surface area contributed by atoms with Crippen LogP contribution in [0.3, 0.4) is 0 Å². The van der Waals surface area contributed by atoms with Crippen molar-refractivity contribution < 1.29 is 5.11 Å². The molecule has 4 nitrogen and oxygen atoms in total. The van der Waals surface area contributed by atoms with E-state index < -0.39 is 0 Å². The first kappa shape index (κ1) is 10.3. The first-order valence-corrected chi connectivity index (χ1v) is 6.02. The van der Waals surface area contributed by atoms with E-state index in [4.69, 9.17) is 0 Å². The number of nitrogens with zero attached hydrogens (tertiary/aromatic N) is 3. The van der Waals surface area contributed by atoms with Gasteiger partial charge in [-0.3, -0.25) is 0 Å². The predicted octanol–water partition coefficient (Wildman–Crippen LogP) is 1.91. The van der Waals surface area contributed by atoms with Crippen molar-refractivity contribution in [3.63, 3.8) is 0 Å². The van der Waals surface area contributed by atoms with Crippen LogP contribution >= 0.6 is 0 Å². The SMILES string of the molecule is Oc1ccc(Cc2nc3n(n2)CCCC3)cc1. The molecule has 0 aliphatic carbocycles. The summed E-state index contributed by atoms with van der Waals surface area (Å²) in [5.41, 5.74) is 1.13. The molecule has 1 aromatic heterocycles. The van der Waals surface area contributed by atoms with Crippen LogP contribution in [-0.2, 0) is 19.4 Å². The van der Waals surface area contributed by atoms with Gasteiger partial charge in [-0.2, -0.15) is 5.10 Å². The zero-order valence-electron chi connectivity index (χ0n) is 9.63. The molecule has 0 amide bonds. The van der Waals surface area contributed by atoms with Crippen molar-refractivity contribution in [2.75, 3.05) is 0 Å². The number of hydrogen-bond donors (Lipinski definition) is 1. The first-order chi connectivity index (χ1) is 8.31. The van der Waals surface area contributed by atoms with Crippen molar-refractivity contribution in [3.8, 4) is 5.75 Å². The van der Waals surface area contributed by atoms with Gasteiger partial charge in [-0.15, -0.1) is 0 Å². The Morgan fingerprint density at radius 2 is 2.00 bits per heavy atom. The van der Waals surface area contributed by atoms with Gasteiger partial charge in [0.1, 0.15) is 11.6 Å². The molecule has 17 heavy (non-hydrogen) atoms. The highest BCUT2D eigenvalue weighted by Crippen LogP contribution is 2.15. The number of aromatic nitrogens is 3. The maximum atomic E-state index is 9.22. The summed E-state index contributed by atoms with van der Waals surface area (Å²) >= 11 is 0. The van der Waals surface area contributed by atoms with E-state index in [1.165, 1.54) is 12.8 Å².